The number of aliphatic hydroxyl groups excluding tert-OH is 1. The van der Waals surface area contributed by atoms with Crippen molar-refractivity contribution >= 4 is 5.91 Å². The zero-order chi connectivity index (χ0) is 12.8. The van der Waals surface area contributed by atoms with Gasteiger partial charge in [-0.05, 0) is 30.5 Å². The predicted molar refractivity (Wildman–Crippen MR) is 64.2 cm³/mol. The van der Waals surface area contributed by atoms with Gasteiger partial charge in [-0.2, -0.15) is 0 Å². The number of amides is 1. The van der Waals surface area contributed by atoms with E-state index in [0.29, 0.717) is 18.5 Å². The van der Waals surface area contributed by atoms with Gasteiger partial charge in [0.2, 0.25) is 0 Å². The fraction of sp³-hybridized carbons (Fsp3) is 0.462. The van der Waals surface area contributed by atoms with Gasteiger partial charge in [-0.25, -0.2) is 4.39 Å². The number of carbonyl (C=O) groups is 1. The molecule has 0 heterocycles. The molecule has 1 aromatic rings. The Kier molecular flexibility index (Phi) is 5.10. The third kappa shape index (κ3) is 4.53. The van der Waals surface area contributed by atoms with Gasteiger partial charge in [0, 0.05) is 12.1 Å². The molecule has 1 amide bonds. The Morgan fingerprint density at radius 1 is 1.47 bits per heavy atom. The van der Waals surface area contributed by atoms with Crippen molar-refractivity contribution < 1.29 is 14.3 Å². The lowest BCUT2D eigenvalue weighted by molar-refractivity contribution is 0.0919. The van der Waals surface area contributed by atoms with E-state index < -0.39 is 11.9 Å². The summed E-state index contributed by atoms with van der Waals surface area (Å²) in [4.78, 5) is 11.6. The first-order valence-electron chi connectivity index (χ1n) is 5.72. The molecule has 0 spiro atoms. The number of hydrogen-bond acceptors (Lipinski definition) is 2. The second-order valence-corrected chi connectivity index (χ2v) is 4.37. The van der Waals surface area contributed by atoms with Gasteiger partial charge >= 0.3 is 0 Å². The van der Waals surface area contributed by atoms with E-state index in [1.54, 1.807) is 6.07 Å². The molecule has 4 heteroatoms. The first-order chi connectivity index (χ1) is 8.00. The highest BCUT2D eigenvalue weighted by Gasteiger charge is 2.10. The number of aliphatic hydroxyl groups is 1. The fourth-order valence-corrected chi connectivity index (χ4v) is 1.40. The van der Waals surface area contributed by atoms with E-state index in [1.807, 2.05) is 13.8 Å². The molecule has 94 valence electrons. The second kappa shape index (κ2) is 6.35. The molecule has 0 saturated heterocycles. The normalized spacial score (nSPS) is 12.5. The molecule has 0 bridgehead atoms. The van der Waals surface area contributed by atoms with Gasteiger partial charge in [0.05, 0.1) is 6.10 Å². The van der Waals surface area contributed by atoms with Crippen molar-refractivity contribution in [1.29, 1.82) is 0 Å². The monoisotopic (exact) mass is 239 g/mol. The summed E-state index contributed by atoms with van der Waals surface area (Å²) in [5.74, 6) is -0.582. The number of nitrogens with one attached hydrogen (secondary N) is 1. The largest absolute Gasteiger partial charge is 0.393 e. The maximum Gasteiger partial charge on any atom is 0.251 e. The average Bonchev–Trinajstić information content (AvgIpc) is 2.28. The molecular formula is C13H18FNO2. The third-order valence-electron chi connectivity index (χ3n) is 2.58. The summed E-state index contributed by atoms with van der Waals surface area (Å²) in [6.07, 6.45) is 0.0708. The van der Waals surface area contributed by atoms with E-state index in [4.69, 9.17) is 0 Å². The predicted octanol–water partition coefficient (Wildman–Crippen LogP) is 1.96. The van der Waals surface area contributed by atoms with Gasteiger partial charge in [0.25, 0.3) is 5.91 Å². The molecule has 2 N–H and O–H groups in total. The maximum atomic E-state index is 12.9. The van der Waals surface area contributed by atoms with Crippen LogP contribution in [-0.4, -0.2) is 23.7 Å². The maximum absolute atomic E-state index is 12.9. The van der Waals surface area contributed by atoms with Crippen molar-refractivity contribution in [1.82, 2.24) is 5.32 Å². The number of benzene rings is 1. The molecule has 0 aliphatic heterocycles. The molecule has 0 aliphatic rings. The Labute approximate surface area is 101 Å². The van der Waals surface area contributed by atoms with Crippen molar-refractivity contribution in [3.63, 3.8) is 0 Å². The van der Waals surface area contributed by atoms with Crippen LogP contribution < -0.4 is 5.32 Å². The molecule has 1 aromatic carbocycles. The van der Waals surface area contributed by atoms with E-state index in [2.05, 4.69) is 5.32 Å². The van der Waals surface area contributed by atoms with Crippen LogP contribution >= 0.6 is 0 Å². The van der Waals surface area contributed by atoms with Crippen molar-refractivity contribution in [2.75, 3.05) is 6.54 Å². The fourth-order valence-electron chi connectivity index (χ4n) is 1.40. The minimum absolute atomic E-state index is 0.168. The number of hydrogen-bond donors (Lipinski definition) is 2. The molecule has 1 rings (SSSR count). The first-order valence-corrected chi connectivity index (χ1v) is 5.72. The molecule has 3 nitrogen and oxygen atoms in total. The summed E-state index contributed by atoms with van der Waals surface area (Å²) >= 11 is 0. The topological polar surface area (TPSA) is 49.3 Å². The zero-order valence-electron chi connectivity index (χ0n) is 10.1. The molecule has 0 radical (unpaired) electrons. The Morgan fingerprint density at radius 3 is 2.76 bits per heavy atom. The Balaban J connectivity index is 2.40. The standard InChI is InChI=1S/C13H18FNO2/c1-9(2)12(16)6-7-15-13(17)10-4-3-5-11(14)8-10/h3-5,8-9,12,16H,6-7H2,1-2H3,(H,15,17)/t12-/m1/s1. The summed E-state index contributed by atoms with van der Waals surface area (Å²) in [5, 5.41) is 12.2. The molecule has 0 aliphatic carbocycles. The highest BCUT2D eigenvalue weighted by molar-refractivity contribution is 5.94. The first kappa shape index (κ1) is 13.6. The van der Waals surface area contributed by atoms with E-state index in [1.165, 1.54) is 18.2 Å². The summed E-state index contributed by atoms with van der Waals surface area (Å²) in [7, 11) is 0. The lowest BCUT2D eigenvalue weighted by Gasteiger charge is -2.14. The molecule has 17 heavy (non-hydrogen) atoms. The van der Waals surface area contributed by atoms with Gasteiger partial charge < -0.3 is 10.4 Å². The Hall–Kier alpha value is -1.42. The third-order valence-corrected chi connectivity index (χ3v) is 2.58. The zero-order valence-corrected chi connectivity index (χ0v) is 10.1. The number of rotatable bonds is 5. The lowest BCUT2D eigenvalue weighted by atomic mass is 10.0. The van der Waals surface area contributed by atoms with Crippen molar-refractivity contribution in [2.24, 2.45) is 5.92 Å². The molecular weight excluding hydrogens is 221 g/mol. The van der Waals surface area contributed by atoms with E-state index in [-0.39, 0.29) is 11.8 Å². The van der Waals surface area contributed by atoms with Crippen LogP contribution in [0.1, 0.15) is 30.6 Å². The van der Waals surface area contributed by atoms with Gasteiger partial charge in [0.1, 0.15) is 5.82 Å². The Bertz CT molecular complexity index is 379. The summed E-state index contributed by atoms with van der Waals surface area (Å²) < 4.78 is 12.9. The van der Waals surface area contributed by atoms with Crippen LogP contribution in [0, 0.1) is 11.7 Å². The van der Waals surface area contributed by atoms with Crippen LogP contribution in [0.5, 0.6) is 0 Å². The smallest absolute Gasteiger partial charge is 0.251 e. The van der Waals surface area contributed by atoms with Crippen molar-refractivity contribution in [3.05, 3.63) is 35.6 Å². The molecule has 0 saturated carbocycles. The minimum Gasteiger partial charge on any atom is -0.393 e. The molecule has 0 aromatic heterocycles. The van der Waals surface area contributed by atoms with E-state index >= 15 is 0 Å². The average molecular weight is 239 g/mol. The molecule has 0 fully saturated rings. The number of carbonyl (C=O) groups excluding carboxylic acids is 1. The van der Waals surface area contributed by atoms with Crippen molar-refractivity contribution in [3.8, 4) is 0 Å². The van der Waals surface area contributed by atoms with Crippen LogP contribution in [0.3, 0.4) is 0 Å². The summed E-state index contributed by atoms with van der Waals surface area (Å²) in [5.41, 5.74) is 0.295. The summed E-state index contributed by atoms with van der Waals surface area (Å²) in [6, 6.07) is 5.53. The second-order valence-electron chi connectivity index (χ2n) is 4.37. The van der Waals surface area contributed by atoms with Gasteiger partial charge in [-0.1, -0.05) is 19.9 Å². The van der Waals surface area contributed by atoms with E-state index in [0.717, 1.165) is 0 Å². The van der Waals surface area contributed by atoms with Crippen LogP contribution in [0.2, 0.25) is 0 Å². The van der Waals surface area contributed by atoms with Crippen LogP contribution in [-0.2, 0) is 0 Å². The van der Waals surface area contributed by atoms with Crippen LogP contribution in [0.15, 0.2) is 24.3 Å². The Morgan fingerprint density at radius 2 is 2.18 bits per heavy atom. The quantitative estimate of drug-likeness (QED) is 0.825. The molecule has 1 atom stereocenters. The lowest BCUT2D eigenvalue weighted by Crippen LogP contribution is -2.28. The highest BCUT2D eigenvalue weighted by atomic mass is 19.1. The SMILES string of the molecule is CC(C)[C@H](O)CCNC(=O)c1cccc(F)c1. The van der Waals surface area contributed by atoms with Gasteiger partial charge in [-0.3, -0.25) is 4.79 Å². The van der Waals surface area contributed by atoms with Gasteiger partial charge in [0.15, 0.2) is 0 Å². The van der Waals surface area contributed by atoms with Crippen LogP contribution in [0.25, 0.3) is 0 Å². The van der Waals surface area contributed by atoms with Crippen molar-refractivity contribution in [2.45, 2.75) is 26.4 Å². The highest BCUT2D eigenvalue weighted by Crippen LogP contribution is 2.05. The minimum atomic E-state index is -0.431. The number of halogens is 1. The van der Waals surface area contributed by atoms with Gasteiger partial charge in [-0.15, -0.1) is 0 Å². The van der Waals surface area contributed by atoms with Crippen LogP contribution in [0.4, 0.5) is 4.39 Å². The summed E-state index contributed by atoms with van der Waals surface area (Å²) in [6.45, 7) is 4.22. The van der Waals surface area contributed by atoms with E-state index in [9.17, 15) is 14.3 Å². The molecule has 0 unspecified atom stereocenters.